The van der Waals surface area contributed by atoms with Crippen LogP contribution >= 0.6 is 11.6 Å². The third-order valence-corrected chi connectivity index (χ3v) is 5.14. The highest BCUT2D eigenvalue weighted by molar-refractivity contribution is 6.30. The molecule has 2 fully saturated rings. The number of hydrogen-bond acceptors (Lipinski definition) is 3. The summed E-state index contributed by atoms with van der Waals surface area (Å²) >= 11 is 5.98. The molecule has 27 heavy (non-hydrogen) atoms. The molecular weight excluding hydrogens is 370 g/mol. The SMILES string of the molecule is CN(C)C(=O)N1CCN(C(=O)Nc2cccc(Cl)c2)C[C@]2(CNC(=O)C2)C1. The molecule has 0 unspecified atom stereocenters. The molecule has 1 atom stereocenters. The van der Waals surface area contributed by atoms with Gasteiger partial charge in [0, 0.05) is 69.4 Å². The van der Waals surface area contributed by atoms with Gasteiger partial charge in [-0.05, 0) is 18.2 Å². The molecule has 0 aliphatic carbocycles. The van der Waals surface area contributed by atoms with Gasteiger partial charge in [0.15, 0.2) is 0 Å². The lowest BCUT2D eigenvalue weighted by Gasteiger charge is -2.33. The lowest BCUT2D eigenvalue weighted by molar-refractivity contribution is -0.119. The number of rotatable bonds is 1. The maximum Gasteiger partial charge on any atom is 0.321 e. The van der Waals surface area contributed by atoms with Crippen molar-refractivity contribution < 1.29 is 14.4 Å². The van der Waals surface area contributed by atoms with E-state index >= 15 is 0 Å². The van der Waals surface area contributed by atoms with Crippen LogP contribution in [0.25, 0.3) is 0 Å². The van der Waals surface area contributed by atoms with E-state index in [0.717, 1.165) is 0 Å². The molecule has 0 aromatic heterocycles. The van der Waals surface area contributed by atoms with Gasteiger partial charge >= 0.3 is 12.1 Å². The van der Waals surface area contributed by atoms with Crippen LogP contribution in [-0.2, 0) is 4.79 Å². The van der Waals surface area contributed by atoms with Crippen LogP contribution in [0.1, 0.15) is 6.42 Å². The average molecular weight is 394 g/mol. The number of carbonyl (C=O) groups excluding carboxylic acids is 3. The molecule has 146 valence electrons. The molecule has 2 aliphatic rings. The van der Waals surface area contributed by atoms with Crippen LogP contribution in [0.15, 0.2) is 24.3 Å². The smallest absolute Gasteiger partial charge is 0.321 e. The summed E-state index contributed by atoms with van der Waals surface area (Å²) in [5.41, 5.74) is 0.123. The van der Waals surface area contributed by atoms with E-state index in [-0.39, 0.29) is 18.0 Å². The highest BCUT2D eigenvalue weighted by Crippen LogP contribution is 2.31. The van der Waals surface area contributed by atoms with Gasteiger partial charge in [-0.1, -0.05) is 17.7 Å². The predicted molar refractivity (Wildman–Crippen MR) is 103 cm³/mol. The maximum atomic E-state index is 12.8. The first-order valence-corrected chi connectivity index (χ1v) is 9.20. The molecular formula is C18H24ClN5O3. The summed E-state index contributed by atoms with van der Waals surface area (Å²) in [6, 6.07) is 6.55. The molecule has 8 nitrogen and oxygen atoms in total. The zero-order valence-corrected chi connectivity index (χ0v) is 16.3. The quantitative estimate of drug-likeness (QED) is 0.761. The monoisotopic (exact) mass is 393 g/mol. The third kappa shape index (κ3) is 4.44. The minimum absolute atomic E-state index is 0.0515. The topological polar surface area (TPSA) is 85.0 Å². The standard InChI is InChI=1S/C18H24ClN5O3/c1-22(2)17(27)24-7-6-23(11-18(12-24)9-15(25)20-10-18)16(26)21-14-5-3-4-13(19)8-14/h3-5,8H,6-7,9-12H2,1-2H3,(H,20,25)(H,21,26)/t18-/m0/s1. The first-order chi connectivity index (χ1) is 12.8. The third-order valence-electron chi connectivity index (χ3n) is 4.90. The molecule has 1 aromatic carbocycles. The lowest BCUT2D eigenvalue weighted by atomic mass is 9.86. The van der Waals surface area contributed by atoms with Gasteiger partial charge in [0.05, 0.1) is 0 Å². The summed E-state index contributed by atoms with van der Waals surface area (Å²) in [5, 5.41) is 6.23. The molecule has 1 aromatic rings. The molecule has 1 spiro atoms. The van der Waals surface area contributed by atoms with Gasteiger partial charge in [0.25, 0.3) is 0 Å². The van der Waals surface area contributed by atoms with E-state index in [1.54, 1.807) is 48.2 Å². The van der Waals surface area contributed by atoms with Crippen molar-refractivity contribution in [2.45, 2.75) is 6.42 Å². The van der Waals surface area contributed by atoms with Crippen LogP contribution in [0, 0.1) is 5.41 Å². The Morgan fingerprint density at radius 1 is 1.22 bits per heavy atom. The van der Waals surface area contributed by atoms with Gasteiger partial charge in [-0.25, -0.2) is 9.59 Å². The fourth-order valence-corrected chi connectivity index (χ4v) is 3.81. The van der Waals surface area contributed by atoms with Crippen LogP contribution < -0.4 is 10.6 Å². The Bertz CT molecular complexity index is 756. The molecule has 0 saturated carbocycles. The lowest BCUT2D eigenvalue weighted by Crippen LogP contribution is -2.47. The second kappa shape index (κ2) is 7.64. The Morgan fingerprint density at radius 3 is 2.56 bits per heavy atom. The van der Waals surface area contributed by atoms with Gasteiger partial charge in [0.1, 0.15) is 0 Å². The average Bonchev–Trinajstić information content (AvgIpc) is 2.85. The number of amides is 5. The molecule has 2 N–H and O–H groups in total. The van der Waals surface area contributed by atoms with Gasteiger partial charge in [-0.2, -0.15) is 0 Å². The van der Waals surface area contributed by atoms with Crippen LogP contribution in [0.4, 0.5) is 15.3 Å². The number of carbonyl (C=O) groups is 3. The van der Waals surface area contributed by atoms with Crippen LogP contribution in [0.3, 0.4) is 0 Å². The number of anilines is 1. The molecule has 2 saturated heterocycles. The number of benzene rings is 1. The Balaban J connectivity index is 1.78. The van der Waals surface area contributed by atoms with Crippen molar-refractivity contribution in [1.82, 2.24) is 20.0 Å². The summed E-state index contributed by atoms with van der Waals surface area (Å²) < 4.78 is 0. The van der Waals surface area contributed by atoms with Gasteiger partial charge in [-0.15, -0.1) is 0 Å². The Labute approximate surface area is 163 Å². The summed E-state index contributed by atoms with van der Waals surface area (Å²) in [7, 11) is 3.39. The van der Waals surface area contributed by atoms with E-state index in [0.29, 0.717) is 49.9 Å². The van der Waals surface area contributed by atoms with Crippen molar-refractivity contribution in [3.05, 3.63) is 29.3 Å². The van der Waals surface area contributed by atoms with Crippen molar-refractivity contribution in [3.63, 3.8) is 0 Å². The Hall–Kier alpha value is -2.48. The van der Waals surface area contributed by atoms with E-state index in [1.165, 1.54) is 4.90 Å². The van der Waals surface area contributed by atoms with E-state index in [1.807, 2.05) is 0 Å². The van der Waals surface area contributed by atoms with Gasteiger partial charge in [-0.3, -0.25) is 4.79 Å². The highest BCUT2D eigenvalue weighted by Gasteiger charge is 2.45. The molecule has 2 aliphatic heterocycles. The normalized spacial score (nSPS) is 22.4. The van der Waals surface area contributed by atoms with E-state index in [4.69, 9.17) is 11.6 Å². The Kier molecular flexibility index (Phi) is 5.46. The fourth-order valence-electron chi connectivity index (χ4n) is 3.62. The molecule has 0 radical (unpaired) electrons. The predicted octanol–water partition coefficient (Wildman–Crippen LogP) is 1.68. The van der Waals surface area contributed by atoms with Crippen molar-refractivity contribution in [2.24, 2.45) is 5.41 Å². The Morgan fingerprint density at radius 2 is 1.93 bits per heavy atom. The van der Waals surface area contributed by atoms with Crippen LogP contribution in [0.5, 0.6) is 0 Å². The highest BCUT2D eigenvalue weighted by atomic mass is 35.5. The molecule has 3 rings (SSSR count). The summed E-state index contributed by atoms with van der Waals surface area (Å²) in [4.78, 5) is 42.1. The van der Waals surface area contributed by atoms with E-state index < -0.39 is 5.41 Å². The first-order valence-electron chi connectivity index (χ1n) is 8.82. The zero-order chi connectivity index (χ0) is 19.6. The fraction of sp³-hybridized carbons (Fsp3) is 0.500. The first kappa shape index (κ1) is 19.3. The van der Waals surface area contributed by atoms with Crippen molar-refractivity contribution >= 4 is 35.3 Å². The summed E-state index contributed by atoms with van der Waals surface area (Å²) in [5.74, 6) is -0.0515. The van der Waals surface area contributed by atoms with E-state index in [9.17, 15) is 14.4 Å². The number of halogens is 1. The zero-order valence-electron chi connectivity index (χ0n) is 15.5. The number of nitrogens with one attached hydrogen (secondary N) is 2. The largest absolute Gasteiger partial charge is 0.355 e. The van der Waals surface area contributed by atoms with Crippen LogP contribution in [-0.4, -0.2) is 79.5 Å². The minimum atomic E-state index is -0.481. The van der Waals surface area contributed by atoms with Crippen LogP contribution in [0.2, 0.25) is 5.02 Å². The minimum Gasteiger partial charge on any atom is -0.355 e. The number of hydrogen-bond donors (Lipinski definition) is 2. The number of nitrogens with zero attached hydrogens (tertiary/aromatic N) is 3. The molecule has 5 amide bonds. The molecule has 2 heterocycles. The summed E-state index contributed by atoms with van der Waals surface area (Å²) in [6.45, 7) is 2.08. The van der Waals surface area contributed by atoms with Gasteiger partial charge < -0.3 is 25.3 Å². The van der Waals surface area contributed by atoms with Gasteiger partial charge in [0.2, 0.25) is 5.91 Å². The summed E-state index contributed by atoms with van der Waals surface area (Å²) in [6.07, 6.45) is 0.297. The molecule has 0 bridgehead atoms. The van der Waals surface area contributed by atoms with Crippen molar-refractivity contribution in [1.29, 1.82) is 0 Å². The maximum absolute atomic E-state index is 12.8. The second-order valence-electron chi connectivity index (χ2n) is 7.41. The van der Waals surface area contributed by atoms with Crippen molar-refractivity contribution in [3.8, 4) is 0 Å². The molecule has 9 heteroatoms. The van der Waals surface area contributed by atoms with E-state index in [2.05, 4.69) is 10.6 Å². The second-order valence-corrected chi connectivity index (χ2v) is 7.85. The number of urea groups is 2. The van der Waals surface area contributed by atoms with Crippen molar-refractivity contribution in [2.75, 3.05) is 52.1 Å².